The molecule has 5 nitrogen and oxygen atoms in total. The largest absolute Gasteiger partial charge is 0.471 e. The van der Waals surface area contributed by atoms with Gasteiger partial charge in [0.2, 0.25) is 5.82 Å². The monoisotopic (exact) mass is 341 g/mol. The number of hydrogen-bond donors (Lipinski definition) is 1. The van der Waals surface area contributed by atoms with E-state index < -0.39 is 18.2 Å². The molecule has 3 heterocycles. The van der Waals surface area contributed by atoms with E-state index in [2.05, 4.69) is 19.6 Å². The Hall–Kier alpha value is -2.26. The Morgan fingerprint density at radius 3 is 2.61 bits per heavy atom. The van der Waals surface area contributed by atoms with Crippen molar-refractivity contribution < 1.29 is 22.8 Å². The van der Waals surface area contributed by atoms with Crippen molar-refractivity contribution in [1.82, 2.24) is 15.1 Å². The second-order valence-corrected chi connectivity index (χ2v) is 5.90. The Kier molecular flexibility index (Phi) is 3.90. The standard InChI is InChI=1S/C14H10F3N3O2S/c1-7-2-3-8(18-6-7)11(21)9-4-5-10(23-9)12-19-13(22-20-12)14(15,16)17/h2-6,11,21H,1H3. The lowest BCUT2D eigenvalue weighted by atomic mass is 10.2. The van der Waals surface area contributed by atoms with Gasteiger partial charge < -0.3 is 9.63 Å². The molecule has 3 aromatic heterocycles. The summed E-state index contributed by atoms with van der Waals surface area (Å²) in [7, 11) is 0. The van der Waals surface area contributed by atoms with E-state index in [0.29, 0.717) is 15.4 Å². The van der Waals surface area contributed by atoms with Crippen molar-refractivity contribution >= 4 is 11.3 Å². The topological polar surface area (TPSA) is 72.0 Å². The van der Waals surface area contributed by atoms with Gasteiger partial charge in [0.1, 0.15) is 6.10 Å². The van der Waals surface area contributed by atoms with Crippen LogP contribution in [-0.4, -0.2) is 20.2 Å². The molecule has 0 amide bonds. The van der Waals surface area contributed by atoms with Crippen LogP contribution in [0.2, 0.25) is 0 Å². The molecule has 9 heteroatoms. The van der Waals surface area contributed by atoms with E-state index in [1.165, 1.54) is 6.07 Å². The molecule has 0 aliphatic heterocycles. The van der Waals surface area contributed by atoms with Crippen LogP contribution < -0.4 is 0 Å². The van der Waals surface area contributed by atoms with Crippen LogP contribution in [0.25, 0.3) is 10.7 Å². The Morgan fingerprint density at radius 2 is 2.00 bits per heavy atom. The minimum Gasteiger partial charge on any atom is -0.381 e. The maximum atomic E-state index is 12.5. The van der Waals surface area contributed by atoms with E-state index in [4.69, 9.17) is 0 Å². The molecular formula is C14H10F3N3O2S. The highest BCUT2D eigenvalue weighted by atomic mass is 32.1. The number of alkyl halides is 3. The summed E-state index contributed by atoms with van der Waals surface area (Å²) in [6, 6.07) is 6.63. The van der Waals surface area contributed by atoms with Crippen LogP contribution >= 0.6 is 11.3 Å². The highest BCUT2D eigenvalue weighted by Gasteiger charge is 2.38. The lowest BCUT2D eigenvalue weighted by Crippen LogP contribution is -2.04. The molecule has 1 N–H and O–H groups in total. The number of nitrogens with zero attached hydrogens (tertiary/aromatic N) is 3. The van der Waals surface area contributed by atoms with Gasteiger partial charge in [0, 0.05) is 11.1 Å². The van der Waals surface area contributed by atoms with E-state index in [1.807, 2.05) is 13.0 Å². The summed E-state index contributed by atoms with van der Waals surface area (Å²) in [6.45, 7) is 1.88. The van der Waals surface area contributed by atoms with Gasteiger partial charge in [-0.3, -0.25) is 4.98 Å². The number of aryl methyl sites for hydroxylation is 1. The minimum atomic E-state index is -4.68. The van der Waals surface area contributed by atoms with Crippen molar-refractivity contribution in [3.8, 4) is 10.7 Å². The van der Waals surface area contributed by atoms with Gasteiger partial charge in [-0.05, 0) is 30.7 Å². The van der Waals surface area contributed by atoms with E-state index in [-0.39, 0.29) is 5.82 Å². The van der Waals surface area contributed by atoms with Crippen LogP contribution in [0.1, 0.15) is 28.1 Å². The van der Waals surface area contributed by atoms with Crippen molar-refractivity contribution in [2.75, 3.05) is 0 Å². The number of aliphatic hydroxyl groups excluding tert-OH is 1. The molecule has 0 saturated heterocycles. The molecule has 0 aliphatic rings. The van der Waals surface area contributed by atoms with Gasteiger partial charge in [-0.25, -0.2) is 0 Å². The molecule has 0 bridgehead atoms. The third-order valence-corrected chi connectivity index (χ3v) is 4.13. The first-order valence-corrected chi connectivity index (χ1v) is 7.28. The van der Waals surface area contributed by atoms with Crippen molar-refractivity contribution in [1.29, 1.82) is 0 Å². The first kappa shape index (κ1) is 15.6. The summed E-state index contributed by atoms with van der Waals surface area (Å²) in [5.41, 5.74) is 1.41. The number of aromatic nitrogens is 3. The highest BCUT2D eigenvalue weighted by Crippen LogP contribution is 2.34. The normalized spacial score (nSPS) is 13.3. The molecule has 1 unspecified atom stereocenters. The molecule has 0 aromatic carbocycles. The maximum Gasteiger partial charge on any atom is 0.471 e. The molecule has 0 aliphatic carbocycles. The summed E-state index contributed by atoms with van der Waals surface area (Å²) < 4.78 is 41.6. The maximum absolute atomic E-state index is 12.5. The number of rotatable bonds is 3. The molecule has 0 spiro atoms. The van der Waals surface area contributed by atoms with Crippen LogP contribution in [-0.2, 0) is 6.18 Å². The van der Waals surface area contributed by atoms with Gasteiger partial charge in [0.25, 0.3) is 0 Å². The summed E-state index contributed by atoms with van der Waals surface area (Å²) in [5.74, 6) is -1.57. The van der Waals surface area contributed by atoms with Gasteiger partial charge in [0.05, 0.1) is 10.6 Å². The van der Waals surface area contributed by atoms with Crippen LogP contribution in [0, 0.1) is 6.92 Å². The average Bonchev–Trinajstić information content (AvgIpc) is 3.16. The molecule has 0 fully saturated rings. The highest BCUT2D eigenvalue weighted by molar-refractivity contribution is 7.15. The van der Waals surface area contributed by atoms with Crippen molar-refractivity contribution in [3.05, 3.63) is 52.5 Å². The first-order chi connectivity index (χ1) is 10.8. The van der Waals surface area contributed by atoms with Gasteiger partial charge in [-0.15, -0.1) is 11.3 Å². The summed E-state index contributed by atoms with van der Waals surface area (Å²) in [6.07, 6.45) is -4.03. The molecule has 0 radical (unpaired) electrons. The Labute approximate surface area is 132 Å². The number of pyridine rings is 1. The molecule has 120 valence electrons. The van der Waals surface area contributed by atoms with E-state index in [1.54, 1.807) is 18.3 Å². The number of halogens is 3. The van der Waals surface area contributed by atoms with Gasteiger partial charge in [-0.2, -0.15) is 18.2 Å². The molecular weight excluding hydrogens is 331 g/mol. The summed E-state index contributed by atoms with van der Waals surface area (Å²) in [5, 5.41) is 13.6. The van der Waals surface area contributed by atoms with Gasteiger partial charge in [0.15, 0.2) is 0 Å². The van der Waals surface area contributed by atoms with Crippen molar-refractivity contribution in [2.45, 2.75) is 19.2 Å². The molecule has 0 saturated carbocycles. The second-order valence-electron chi connectivity index (χ2n) is 4.79. The smallest absolute Gasteiger partial charge is 0.381 e. The molecule has 3 aromatic rings. The Bertz CT molecular complexity index is 811. The zero-order chi connectivity index (χ0) is 16.6. The zero-order valence-corrected chi connectivity index (χ0v) is 12.5. The predicted octanol–water partition coefficient (Wildman–Crippen LogP) is 3.60. The SMILES string of the molecule is Cc1ccc(C(O)c2ccc(-c3noc(C(F)(F)F)n3)s2)nc1. The van der Waals surface area contributed by atoms with Crippen LogP contribution in [0.3, 0.4) is 0 Å². The number of aliphatic hydroxyl groups is 1. The number of hydrogen-bond acceptors (Lipinski definition) is 6. The van der Waals surface area contributed by atoms with Crippen LogP contribution in [0.15, 0.2) is 35.0 Å². The zero-order valence-electron chi connectivity index (χ0n) is 11.7. The van der Waals surface area contributed by atoms with Crippen molar-refractivity contribution in [3.63, 3.8) is 0 Å². The van der Waals surface area contributed by atoms with Crippen molar-refractivity contribution in [2.24, 2.45) is 0 Å². The summed E-state index contributed by atoms with van der Waals surface area (Å²) in [4.78, 5) is 8.34. The second kappa shape index (κ2) is 5.74. The van der Waals surface area contributed by atoms with Crippen LogP contribution in [0.5, 0.6) is 0 Å². The summed E-state index contributed by atoms with van der Waals surface area (Å²) >= 11 is 1.07. The third-order valence-electron chi connectivity index (χ3n) is 3.00. The van der Waals surface area contributed by atoms with Crippen LogP contribution in [0.4, 0.5) is 13.2 Å². The third kappa shape index (κ3) is 3.25. The Morgan fingerprint density at radius 1 is 1.22 bits per heavy atom. The minimum absolute atomic E-state index is 0.169. The lowest BCUT2D eigenvalue weighted by Gasteiger charge is -2.07. The van der Waals surface area contributed by atoms with Gasteiger partial charge >= 0.3 is 12.1 Å². The van der Waals surface area contributed by atoms with Gasteiger partial charge in [-0.1, -0.05) is 11.2 Å². The number of thiophene rings is 1. The average molecular weight is 341 g/mol. The molecule has 1 atom stereocenters. The van der Waals surface area contributed by atoms with E-state index in [9.17, 15) is 18.3 Å². The lowest BCUT2D eigenvalue weighted by molar-refractivity contribution is -0.159. The van der Waals surface area contributed by atoms with E-state index >= 15 is 0 Å². The predicted molar refractivity (Wildman–Crippen MR) is 75.6 cm³/mol. The Balaban J connectivity index is 1.85. The molecule has 23 heavy (non-hydrogen) atoms. The fourth-order valence-corrected chi connectivity index (χ4v) is 2.78. The fourth-order valence-electron chi connectivity index (χ4n) is 1.85. The molecule has 3 rings (SSSR count). The van der Waals surface area contributed by atoms with E-state index in [0.717, 1.165) is 16.9 Å². The first-order valence-electron chi connectivity index (χ1n) is 6.46. The fraction of sp³-hybridized carbons (Fsp3) is 0.214. The quantitative estimate of drug-likeness (QED) is 0.788.